The van der Waals surface area contributed by atoms with Crippen molar-refractivity contribution in [3.05, 3.63) is 64.2 Å². The number of anilines is 2. The molecule has 0 saturated carbocycles. The van der Waals surface area contributed by atoms with Crippen LogP contribution in [0.3, 0.4) is 0 Å². The minimum atomic E-state index is -0.416. The quantitative estimate of drug-likeness (QED) is 0.520. The molecule has 0 bridgehead atoms. The molecule has 6 heteroatoms. The van der Waals surface area contributed by atoms with Crippen molar-refractivity contribution in [1.82, 2.24) is 0 Å². The second kappa shape index (κ2) is 5.73. The van der Waals surface area contributed by atoms with Crippen molar-refractivity contribution >= 4 is 34.4 Å². The fourth-order valence-electron chi connectivity index (χ4n) is 2.73. The van der Waals surface area contributed by atoms with Crippen LogP contribution in [0.25, 0.3) is 0 Å². The molecule has 112 valence electrons. The van der Waals surface area contributed by atoms with Gasteiger partial charge in [-0.05, 0) is 49.3 Å². The number of nitro groups is 1. The first-order valence-corrected chi connectivity index (χ1v) is 7.39. The lowest BCUT2D eigenvalue weighted by Crippen LogP contribution is -2.38. The summed E-state index contributed by atoms with van der Waals surface area (Å²) in [6.45, 7) is 2.13. The van der Waals surface area contributed by atoms with E-state index in [1.54, 1.807) is 12.1 Å². The van der Waals surface area contributed by atoms with Gasteiger partial charge in [0.2, 0.25) is 0 Å². The molecule has 1 aliphatic rings. The summed E-state index contributed by atoms with van der Waals surface area (Å²) in [4.78, 5) is 12.3. The van der Waals surface area contributed by atoms with E-state index in [0.29, 0.717) is 5.11 Å². The van der Waals surface area contributed by atoms with Crippen LogP contribution in [0.1, 0.15) is 12.5 Å². The van der Waals surface area contributed by atoms with Crippen LogP contribution in [0.4, 0.5) is 17.1 Å². The first-order valence-electron chi connectivity index (χ1n) is 6.99. The summed E-state index contributed by atoms with van der Waals surface area (Å²) >= 11 is 5.51. The molecule has 3 rings (SSSR count). The SMILES string of the molecule is CC1Cc2ccccc2N1C(=S)Nc1ccc([N+](=O)[O-])cc1. The highest BCUT2D eigenvalue weighted by Crippen LogP contribution is 2.32. The van der Waals surface area contributed by atoms with Crippen LogP contribution in [0.5, 0.6) is 0 Å². The van der Waals surface area contributed by atoms with Crippen molar-refractivity contribution in [1.29, 1.82) is 0 Å². The van der Waals surface area contributed by atoms with Gasteiger partial charge in [0.1, 0.15) is 0 Å². The Bertz CT molecular complexity index is 730. The van der Waals surface area contributed by atoms with Gasteiger partial charge >= 0.3 is 0 Å². The minimum absolute atomic E-state index is 0.0661. The molecule has 5 nitrogen and oxygen atoms in total. The molecule has 0 aromatic heterocycles. The molecule has 1 aliphatic heterocycles. The van der Waals surface area contributed by atoms with E-state index in [9.17, 15) is 10.1 Å². The van der Waals surface area contributed by atoms with Crippen molar-refractivity contribution in [3.8, 4) is 0 Å². The highest BCUT2D eigenvalue weighted by molar-refractivity contribution is 7.80. The van der Waals surface area contributed by atoms with Crippen LogP contribution in [0, 0.1) is 10.1 Å². The minimum Gasteiger partial charge on any atom is -0.332 e. The summed E-state index contributed by atoms with van der Waals surface area (Å²) < 4.78 is 0. The number of hydrogen-bond donors (Lipinski definition) is 1. The van der Waals surface area contributed by atoms with Gasteiger partial charge in [0.05, 0.1) is 4.92 Å². The number of rotatable bonds is 2. The zero-order chi connectivity index (χ0) is 15.7. The van der Waals surface area contributed by atoms with Crippen molar-refractivity contribution in [2.75, 3.05) is 10.2 Å². The molecule has 0 saturated heterocycles. The molecule has 0 aliphatic carbocycles. The first-order chi connectivity index (χ1) is 10.6. The average Bonchev–Trinajstić information content (AvgIpc) is 2.83. The number of fused-ring (bicyclic) bond motifs is 1. The largest absolute Gasteiger partial charge is 0.332 e. The summed E-state index contributed by atoms with van der Waals surface area (Å²) in [6, 6.07) is 14.7. The van der Waals surface area contributed by atoms with Gasteiger partial charge < -0.3 is 10.2 Å². The van der Waals surface area contributed by atoms with E-state index >= 15 is 0 Å². The molecule has 1 unspecified atom stereocenters. The van der Waals surface area contributed by atoms with E-state index in [-0.39, 0.29) is 11.7 Å². The number of thiocarbonyl (C=S) groups is 1. The third-order valence-electron chi connectivity index (χ3n) is 3.76. The van der Waals surface area contributed by atoms with Gasteiger partial charge in [-0.25, -0.2) is 0 Å². The Morgan fingerprint density at radius 3 is 2.64 bits per heavy atom. The van der Waals surface area contributed by atoms with Crippen molar-refractivity contribution in [2.45, 2.75) is 19.4 Å². The first kappa shape index (κ1) is 14.5. The summed E-state index contributed by atoms with van der Waals surface area (Å²) in [5.41, 5.74) is 3.21. The lowest BCUT2D eigenvalue weighted by atomic mass is 10.1. The predicted molar refractivity (Wildman–Crippen MR) is 91.4 cm³/mol. The third kappa shape index (κ3) is 2.65. The number of benzene rings is 2. The van der Waals surface area contributed by atoms with Gasteiger partial charge in [0, 0.05) is 29.5 Å². The molecule has 0 amide bonds. The van der Waals surface area contributed by atoms with E-state index in [1.807, 2.05) is 12.1 Å². The van der Waals surface area contributed by atoms with E-state index in [4.69, 9.17) is 12.2 Å². The molecular formula is C16H15N3O2S. The maximum atomic E-state index is 10.7. The van der Waals surface area contributed by atoms with Crippen LogP contribution in [-0.4, -0.2) is 16.1 Å². The van der Waals surface area contributed by atoms with Gasteiger partial charge in [-0.2, -0.15) is 0 Å². The Balaban J connectivity index is 1.78. The van der Waals surface area contributed by atoms with Crippen molar-refractivity contribution in [3.63, 3.8) is 0 Å². The lowest BCUT2D eigenvalue weighted by Gasteiger charge is -2.26. The number of nitro benzene ring substituents is 1. The summed E-state index contributed by atoms with van der Waals surface area (Å²) in [5.74, 6) is 0. The number of nitrogens with zero attached hydrogens (tertiary/aromatic N) is 2. The summed E-state index contributed by atoms with van der Waals surface area (Å²) in [5, 5.41) is 14.4. The van der Waals surface area contributed by atoms with Gasteiger partial charge in [-0.15, -0.1) is 0 Å². The number of hydrogen-bond acceptors (Lipinski definition) is 3. The standard InChI is InChI=1S/C16H15N3O2S/c1-11-10-12-4-2-3-5-15(12)18(11)16(22)17-13-6-8-14(9-7-13)19(20)21/h2-9,11H,10H2,1H3,(H,17,22). The fourth-order valence-corrected chi connectivity index (χ4v) is 3.12. The maximum absolute atomic E-state index is 10.7. The Morgan fingerprint density at radius 2 is 1.95 bits per heavy atom. The van der Waals surface area contributed by atoms with Gasteiger partial charge in [0.25, 0.3) is 5.69 Å². The molecule has 22 heavy (non-hydrogen) atoms. The number of non-ortho nitro benzene ring substituents is 1. The Labute approximate surface area is 133 Å². The molecule has 2 aromatic rings. The number of para-hydroxylation sites is 1. The summed E-state index contributed by atoms with van der Waals surface area (Å²) in [7, 11) is 0. The topological polar surface area (TPSA) is 58.4 Å². The monoisotopic (exact) mass is 313 g/mol. The molecule has 1 N–H and O–H groups in total. The Kier molecular flexibility index (Phi) is 3.77. The average molecular weight is 313 g/mol. The highest BCUT2D eigenvalue weighted by atomic mass is 32.1. The zero-order valence-electron chi connectivity index (χ0n) is 12.0. The van der Waals surface area contributed by atoms with Gasteiger partial charge in [-0.1, -0.05) is 18.2 Å². The zero-order valence-corrected chi connectivity index (χ0v) is 12.8. The molecule has 0 spiro atoms. The smallest absolute Gasteiger partial charge is 0.269 e. The Morgan fingerprint density at radius 1 is 1.27 bits per heavy atom. The van der Waals surface area contributed by atoms with E-state index in [1.165, 1.54) is 17.7 Å². The molecule has 0 fully saturated rings. The molecule has 0 radical (unpaired) electrons. The van der Waals surface area contributed by atoms with Crippen LogP contribution < -0.4 is 10.2 Å². The lowest BCUT2D eigenvalue weighted by molar-refractivity contribution is -0.384. The van der Waals surface area contributed by atoms with Crippen molar-refractivity contribution in [2.24, 2.45) is 0 Å². The second-order valence-electron chi connectivity index (χ2n) is 5.29. The molecule has 1 heterocycles. The van der Waals surface area contributed by atoms with Crippen LogP contribution in [-0.2, 0) is 6.42 Å². The molecule has 1 atom stereocenters. The predicted octanol–water partition coefficient (Wildman–Crippen LogP) is 3.74. The van der Waals surface area contributed by atoms with Crippen LogP contribution in [0.2, 0.25) is 0 Å². The van der Waals surface area contributed by atoms with Crippen molar-refractivity contribution < 1.29 is 4.92 Å². The molecular weight excluding hydrogens is 298 g/mol. The highest BCUT2D eigenvalue weighted by Gasteiger charge is 2.28. The fraction of sp³-hybridized carbons (Fsp3) is 0.188. The van der Waals surface area contributed by atoms with Gasteiger partial charge in [0.15, 0.2) is 5.11 Å². The summed E-state index contributed by atoms with van der Waals surface area (Å²) in [6.07, 6.45) is 0.957. The van der Waals surface area contributed by atoms with E-state index in [0.717, 1.165) is 17.8 Å². The van der Waals surface area contributed by atoms with E-state index < -0.39 is 4.92 Å². The third-order valence-corrected chi connectivity index (χ3v) is 4.05. The molecule has 2 aromatic carbocycles. The van der Waals surface area contributed by atoms with E-state index in [2.05, 4.69) is 29.3 Å². The van der Waals surface area contributed by atoms with Gasteiger partial charge in [-0.3, -0.25) is 10.1 Å². The number of nitrogens with one attached hydrogen (secondary N) is 1. The normalized spacial score (nSPS) is 16.2. The van der Waals surface area contributed by atoms with Crippen LogP contribution >= 0.6 is 12.2 Å². The maximum Gasteiger partial charge on any atom is 0.269 e. The van der Waals surface area contributed by atoms with Crippen LogP contribution in [0.15, 0.2) is 48.5 Å². The second-order valence-corrected chi connectivity index (χ2v) is 5.67. The Hall–Kier alpha value is -2.47.